The number of hydrogen-bond donors (Lipinski definition) is 1. The van der Waals surface area contributed by atoms with Crippen molar-refractivity contribution >= 4 is 26.0 Å². The molecule has 0 aliphatic rings. The van der Waals surface area contributed by atoms with Crippen molar-refractivity contribution < 1.29 is 8.42 Å². The fourth-order valence-electron chi connectivity index (χ4n) is 1.95. The standard InChI is InChI=1S/C13H21BrN2O2S/c1-10(2)12(16(3)4)9-15-19(17,18)13-8-6-5-7-11(13)14/h5-8,10,12,15H,9H2,1-4H3. The first-order chi connectivity index (χ1) is 8.75. The minimum absolute atomic E-state index is 0.164. The number of nitrogens with one attached hydrogen (secondary N) is 1. The van der Waals surface area contributed by atoms with Crippen LogP contribution in [0.3, 0.4) is 0 Å². The third-order valence-electron chi connectivity index (χ3n) is 3.04. The molecule has 0 spiro atoms. The fraction of sp³-hybridized carbons (Fsp3) is 0.538. The van der Waals surface area contributed by atoms with Crippen molar-refractivity contribution in [2.75, 3.05) is 20.6 Å². The average Bonchev–Trinajstić information content (AvgIpc) is 2.28. The van der Waals surface area contributed by atoms with Crippen molar-refractivity contribution in [3.05, 3.63) is 28.7 Å². The number of sulfonamides is 1. The van der Waals surface area contributed by atoms with Crippen LogP contribution >= 0.6 is 15.9 Å². The Morgan fingerprint density at radius 1 is 1.26 bits per heavy atom. The second kappa shape index (κ2) is 6.83. The van der Waals surface area contributed by atoms with Gasteiger partial charge in [0.25, 0.3) is 0 Å². The van der Waals surface area contributed by atoms with Crippen LogP contribution in [0.2, 0.25) is 0 Å². The van der Waals surface area contributed by atoms with E-state index in [1.165, 1.54) is 0 Å². The topological polar surface area (TPSA) is 49.4 Å². The van der Waals surface area contributed by atoms with Crippen molar-refractivity contribution in [1.29, 1.82) is 0 Å². The highest BCUT2D eigenvalue weighted by molar-refractivity contribution is 9.10. The van der Waals surface area contributed by atoms with Gasteiger partial charge in [-0.2, -0.15) is 0 Å². The highest BCUT2D eigenvalue weighted by Gasteiger charge is 2.21. The van der Waals surface area contributed by atoms with Gasteiger partial charge < -0.3 is 4.90 Å². The molecule has 0 aliphatic heterocycles. The molecule has 4 nitrogen and oxygen atoms in total. The fourth-order valence-corrected chi connectivity index (χ4v) is 4.00. The normalized spacial score (nSPS) is 14.1. The summed E-state index contributed by atoms with van der Waals surface area (Å²) in [4.78, 5) is 2.31. The number of rotatable bonds is 6. The second-order valence-electron chi connectivity index (χ2n) is 5.06. The van der Waals surface area contributed by atoms with Crippen LogP contribution in [-0.4, -0.2) is 40.0 Å². The zero-order valence-electron chi connectivity index (χ0n) is 11.7. The molecule has 19 heavy (non-hydrogen) atoms. The third kappa shape index (κ3) is 4.56. The molecule has 0 heterocycles. The molecule has 0 aliphatic carbocycles. The molecule has 0 radical (unpaired) electrons. The van der Waals surface area contributed by atoms with E-state index in [2.05, 4.69) is 34.5 Å². The molecule has 0 fully saturated rings. The Morgan fingerprint density at radius 2 is 1.84 bits per heavy atom. The summed E-state index contributed by atoms with van der Waals surface area (Å²) in [5.74, 6) is 0.372. The number of nitrogens with zero attached hydrogens (tertiary/aromatic N) is 1. The summed E-state index contributed by atoms with van der Waals surface area (Å²) in [5.41, 5.74) is 0. The SMILES string of the molecule is CC(C)C(CNS(=O)(=O)c1ccccc1Br)N(C)C. The molecule has 0 saturated carbocycles. The number of halogens is 1. The van der Waals surface area contributed by atoms with Crippen LogP contribution in [0, 0.1) is 5.92 Å². The molecule has 108 valence electrons. The van der Waals surface area contributed by atoms with Crippen LogP contribution in [0.1, 0.15) is 13.8 Å². The van der Waals surface area contributed by atoms with Gasteiger partial charge in [0.15, 0.2) is 0 Å². The summed E-state index contributed by atoms with van der Waals surface area (Å²) in [6, 6.07) is 6.98. The van der Waals surface area contributed by atoms with Crippen molar-refractivity contribution in [2.24, 2.45) is 5.92 Å². The molecular weight excluding hydrogens is 328 g/mol. The molecule has 0 bridgehead atoms. The Morgan fingerprint density at radius 3 is 2.32 bits per heavy atom. The van der Waals surface area contributed by atoms with E-state index < -0.39 is 10.0 Å². The van der Waals surface area contributed by atoms with E-state index >= 15 is 0 Å². The molecule has 1 aromatic rings. The molecule has 0 aromatic heterocycles. The molecular formula is C13H21BrN2O2S. The van der Waals surface area contributed by atoms with Gasteiger partial charge in [-0.3, -0.25) is 0 Å². The Balaban J connectivity index is 2.84. The van der Waals surface area contributed by atoms with Crippen molar-refractivity contribution in [1.82, 2.24) is 9.62 Å². The highest BCUT2D eigenvalue weighted by atomic mass is 79.9. The zero-order valence-corrected chi connectivity index (χ0v) is 14.1. The smallest absolute Gasteiger partial charge is 0.241 e. The van der Waals surface area contributed by atoms with Gasteiger partial charge in [-0.25, -0.2) is 13.1 Å². The monoisotopic (exact) mass is 348 g/mol. The van der Waals surface area contributed by atoms with Gasteiger partial charge in [0.1, 0.15) is 0 Å². The maximum Gasteiger partial charge on any atom is 0.241 e. The van der Waals surface area contributed by atoms with E-state index in [4.69, 9.17) is 0 Å². The van der Waals surface area contributed by atoms with Gasteiger partial charge >= 0.3 is 0 Å². The molecule has 1 aromatic carbocycles. The van der Waals surface area contributed by atoms with Crippen molar-refractivity contribution in [3.63, 3.8) is 0 Å². The van der Waals surface area contributed by atoms with Crippen LogP contribution in [0.25, 0.3) is 0 Å². The van der Waals surface area contributed by atoms with Crippen LogP contribution < -0.4 is 4.72 Å². The quantitative estimate of drug-likeness (QED) is 0.858. The summed E-state index contributed by atoms with van der Waals surface area (Å²) in [7, 11) is 0.435. The average molecular weight is 349 g/mol. The van der Waals surface area contributed by atoms with Crippen LogP contribution in [-0.2, 0) is 10.0 Å². The van der Waals surface area contributed by atoms with E-state index in [1.54, 1.807) is 24.3 Å². The lowest BCUT2D eigenvalue weighted by Gasteiger charge is -2.28. The zero-order chi connectivity index (χ0) is 14.6. The number of benzene rings is 1. The highest BCUT2D eigenvalue weighted by Crippen LogP contribution is 2.21. The van der Waals surface area contributed by atoms with Crippen molar-refractivity contribution in [2.45, 2.75) is 24.8 Å². The summed E-state index contributed by atoms with van der Waals surface area (Å²) >= 11 is 3.27. The maximum atomic E-state index is 12.2. The van der Waals surface area contributed by atoms with Gasteiger partial charge in [-0.1, -0.05) is 26.0 Å². The Hall–Kier alpha value is -0.430. The molecule has 6 heteroatoms. The van der Waals surface area contributed by atoms with Crippen LogP contribution in [0.4, 0.5) is 0 Å². The molecule has 1 rings (SSSR count). The summed E-state index contributed by atoms with van der Waals surface area (Å²) in [5, 5.41) is 0. The molecule has 1 unspecified atom stereocenters. The molecule has 1 atom stereocenters. The van der Waals surface area contributed by atoms with Gasteiger partial charge in [0.2, 0.25) is 10.0 Å². The lowest BCUT2D eigenvalue weighted by molar-refractivity contribution is 0.233. The molecule has 0 saturated heterocycles. The molecule has 1 N–H and O–H groups in total. The number of likely N-dealkylation sites (N-methyl/N-ethyl adjacent to an activating group) is 1. The van der Waals surface area contributed by atoms with E-state index in [9.17, 15) is 8.42 Å². The van der Waals surface area contributed by atoms with E-state index in [0.29, 0.717) is 16.9 Å². The summed E-state index contributed by atoms with van der Waals surface area (Å²) in [6.07, 6.45) is 0. The lowest BCUT2D eigenvalue weighted by Crippen LogP contribution is -2.43. The first-order valence-corrected chi connectivity index (χ1v) is 8.44. The third-order valence-corrected chi connectivity index (χ3v) is 5.48. The van der Waals surface area contributed by atoms with Gasteiger partial charge in [-0.15, -0.1) is 0 Å². The lowest BCUT2D eigenvalue weighted by atomic mass is 10.0. The van der Waals surface area contributed by atoms with Crippen LogP contribution in [0.15, 0.2) is 33.6 Å². The predicted molar refractivity (Wildman–Crippen MR) is 81.6 cm³/mol. The van der Waals surface area contributed by atoms with Gasteiger partial charge in [0, 0.05) is 17.1 Å². The van der Waals surface area contributed by atoms with E-state index in [-0.39, 0.29) is 10.9 Å². The second-order valence-corrected chi connectivity index (χ2v) is 7.65. The predicted octanol–water partition coefficient (Wildman–Crippen LogP) is 2.31. The Kier molecular flexibility index (Phi) is 5.98. The first kappa shape index (κ1) is 16.6. The number of hydrogen-bond acceptors (Lipinski definition) is 3. The Bertz CT molecular complexity index is 507. The minimum Gasteiger partial charge on any atom is -0.305 e. The van der Waals surface area contributed by atoms with E-state index in [1.807, 2.05) is 19.0 Å². The van der Waals surface area contributed by atoms with Gasteiger partial charge in [-0.05, 0) is 48.1 Å². The summed E-state index contributed by atoms with van der Waals surface area (Å²) < 4.78 is 27.7. The van der Waals surface area contributed by atoms with Crippen molar-refractivity contribution in [3.8, 4) is 0 Å². The molecule has 0 amide bonds. The van der Waals surface area contributed by atoms with Gasteiger partial charge in [0.05, 0.1) is 4.90 Å². The van der Waals surface area contributed by atoms with E-state index in [0.717, 1.165) is 0 Å². The minimum atomic E-state index is -3.48. The largest absolute Gasteiger partial charge is 0.305 e. The first-order valence-electron chi connectivity index (χ1n) is 6.16. The summed E-state index contributed by atoms with van der Waals surface area (Å²) in [6.45, 7) is 4.56. The Labute approximate surface area is 124 Å². The maximum absolute atomic E-state index is 12.2. The van der Waals surface area contributed by atoms with Crippen LogP contribution in [0.5, 0.6) is 0 Å².